The number of hydrogen-bond acceptors (Lipinski definition) is 4. The third-order valence-corrected chi connectivity index (χ3v) is 5.50. The average molecular weight is 248 g/mol. The molecule has 1 atom stereocenters. The highest BCUT2D eigenvalue weighted by atomic mass is 32.2. The SMILES string of the molecule is O=S(=O)(C1CCCOC1)N1CCCNCC1. The van der Waals surface area contributed by atoms with Crippen LogP contribution in [0.25, 0.3) is 0 Å². The fourth-order valence-electron chi connectivity index (χ4n) is 2.23. The molecule has 0 radical (unpaired) electrons. The van der Waals surface area contributed by atoms with Crippen LogP contribution in [0.4, 0.5) is 0 Å². The summed E-state index contributed by atoms with van der Waals surface area (Å²) >= 11 is 0. The van der Waals surface area contributed by atoms with E-state index in [-0.39, 0.29) is 5.25 Å². The zero-order valence-electron chi connectivity index (χ0n) is 9.52. The Morgan fingerprint density at radius 2 is 2.06 bits per heavy atom. The second kappa shape index (κ2) is 5.44. The molecule has 16 heavy (non-hydrogen) atoms. The van der Waals surface area contributed by atoms with Gasteiger partial charge in [0, 0.05) is 26.2 Å². The van der Waals surface area contributed by atoms with E-state index in [2.05, 4.69) is 5.32 Å². The van der Waals surface area contributed by atoms with Gasteiger partial charge >= 0.3 is 0 Å². The van der Waals surface area contributed by atoms with Crippen LogP contribution in [-0.2, 0) is 14.8 Å². The fraction of sp³-hybridized carbons (Fsp3) is 1.00. The Bertz CT molecular complexity index is 304. The number of sulfonamides is 1. The average Bonchev–Trinajstić information content (AvgIpc) is 2.59. The van der Waals surface area contributed by atoms with Crippen LogP contribution >= 0.6 is 0 Å². The maximum absolute atomic E-state index is 12.3. The number of hydrogen-bond donors (Lipinski definition) is 1. The van der Waals surface area contributed by atoms with Crippen molar-refractivity contribution in [2.75, 3.05) is 39.4 Å². The Balaban J connectivity index is 2.03. The van der Waals surface area contributed by atoms with E-state index in [1.54, 1.807) is 4.31 Å². The molecule has 0 aromatic rings. The molecule has 2 aliphatic heterocycles. The topological polar surface area (TPSA) is 58.6 Å². The lowest BCUT2D eigenvalue weighted by atomic mass is 10.2. The van der Waals surface area contributed by atoms with Gasteiger partial charge in [0.25, 0.3) is 0 Å². The third-order valence-electron chi connectivity index (χ3n) is 3.20. The largest absolute Gasteiger partial charge is 0.380 e. The molecule has 2 rings (SSSR count). The predicted molar refractivity (Wildman–Crippen MR) is 61.8 cm³/mol. The van der Waals surface area contributed by atoms with Crippen LogP contribution in [0, 0.1) is 0 Å². The highest BCUT2D eigenvalue weighted by Crippen LogP contribution is 2.19. The number of nitrogens with zero attached hydrogens (tertiary/aromatic N) is 1. The van der Waals surface area contributed by atoms with Gasteiger partial charge in [-0.15, -0.1) is 0 Å². The van der Waals surface area contributed by atoms with Gasteiger partial charge in [0.15, 0.2) is 0 Å². The van der Waals surface area contributed by atoms with Crippen molar-refractivity contribution in [3.63, 3.8) is 0 Å². The maximum Gasteiger partial charge on any atom is 0.219 e. The number of rotatable bonds is 2. The molecule has 0 bridgehead atoms. The van der Waals surface area contributed by atoms with Gasteiger partial charge in [0.1, 0.15) is 0 Å². The van der Waals surface area contributed by atoms with E-state index >= 15 is 0 Å². The molecule has 1 N–H and O–H groups in total. The van der Waals surface area contributed by atoms with Gasteiger partial charge in [-0.1, -0.05) is 0 Å². The van der Waals surface area contributed by atoms with Crippen LogP contribution < -0.4 is 5.32 Å². The third kappa shape index (κ3) is 2.74. The summed E-state index contributed by atoms with van der Waals surface area (Å²) in [6.07, 6.45) is 2.50. The standard InChI is InChI=1S/C10H20N2O3S/c13-16(14,10-3-1-8-15-9-10)12-6-2-4-11-5-7-12/h10-11H,1-9H2. The summed E-state index contributed by atoms with van der Waals surface area (Å²) in [6.45, 7) is 3.98. The summed E-state index contributed by atoms with van der Waals surface area (Å²) in [5, 5.41) is 2.89. The second-order valence-electron chi connectivity index (χ2n) is 4.39. The van der Waals surface area contributed by atoms with E-state index in [1.165, 1.54) is 0 Å². The van der Waals surface area contributed by atoms with Crippen LogP contribution in [0.1, 0.15) is 19.3 Å². The molecular weight excluding hydrogens is 228 g/mol. The first-order valence-electron chi connectivity index (χ1n) is 5.99. The van der Waals surface area contributed by atoms with Crippen LogP contribution in [0.5, 0.6) is 0 Å². The first-order chi connectivity index (χ1) is 7.71. The Morgan fingerprint density at radius 1 is 1.19 bits per heavy atom. The highest BCUT2D eigenvalue weighted by molar-refractivity contribution is 7.89. The normalized spacial score (nSPS) is 29.9. The van der Waals surface area contributed by atoms with Crippen LogP contribution in [-0.4, -0.2) is 57.4 Å². The summed E-state index contributed by atoms with van der Waals surface area (Å²) in [6, 6.07) is 0. The zero-order valence-corrected chi connectivity index (χ0v) is 10.3. The zero-order chi connectivity index (χ0) is 11.4. The van der Waals surface area contributed by atoms with Gasteiger partial charge < -0.3 is 10.1 Å². The molecule has 0 spiro atoms. The molecular formula is C10H20N2O3S. The molecule has 0 aromatic carbocycles. The summed E-state index contributed by atoms with van der Waals surface area (Å²) in [7, 11) is -3.14. The lowest BCUT2D eigenvalue weighted by molar-refractivity contribution is 0.0975. The molecule has 2 aliphatic rings. The van der Waals surface area contributed by atoms with Crippen LogP contribution in [0.2, 0.25) is 0 Å². The van der Waals surface area contributed by atoms with Crippen molar-refractivity contribution in [2.24, 2.45) is 0 Å². The Morgan fingerprint density at radius 3 is 2.81 bits per heavy atom. The van der Waals surface area contributed by atoms with Crippen molar-refractivity contribution in [2.45, 2.75) is 24.5 Å². The molecule has 2 fully saturated rings. The number of ether oxygens (including phenoxy) is 1. The lowest BCUT2D eigenvalue weighted by Gasteiger charge is -2.28. The Hall–Kier alpha value is -0.170. The van der Waals surface area contributed by atoms with Crippen molar-refractivity contribution >= 4 is 10.0 Å². The van der Waals surface area contributed by atoms with E-state index in [1.807, 2.05) is 0 Å². The molecule has 1 unspecified atom stereocenters. The van der Waals surface area contributed by atoms with Crippen molar-refractivity contribution in [1.82, 2.24) is 9.62 Å². The first-order valence-corrected chi connectivity index (χ1v) is 7.49. The van der Waals surface area contributed by atoms with Crippen LogP contribution in [0.15, 0.2) is 0 Å². The summed E-state index contributed by atoms with van der Waals surface area (Å²) in [5.41, 5.74) is 0. The van der Waals surface area contributed by atoms with Gasteiger partial charge in [-0.3, -0.25) is 0 Å². The minimum Gasteiger partial charge on any atom is -0.380 e. The summed E-state index contributed by atoms with van der Waals surface area (Å²) < 4.78 is 31.5. The smallest absolute Gasteiger partial charge is 0.219 e. The monoisotopic (exact) mass is 248 g/mol. The van der Waals surface area contributed by atoms with Gasteiger partial charge in [-0.05, 0) is 25.8 Å². The van der Waals surface area contributed by atoms with E-state index in [0.29, 0.717) is 26.3 Å². The molecule has 0 amide bonds. The minimum atomic E-state index is -3.14. The van der Waals surface area contributed by atoms with Crippen molar-refractivity contribution in [1.29, 1.82) is 0 Å². The van der Waals surface area contributed by atoms with E-state index in [4.69, 9.17) is 4.74 Å². The molecule has 0 aliphatic carbocycles. The molecule has 94 valence electrons. The molecule has 0 aromatic heterocycles. The predicted octanol–water partition coefficient (Wildman–Crippen LogP) is -0.209. The van der Waals surface area contributed by atoms with Crippen molar-refractivity contribution < 1.29 is 13.2 Å². The molecule has 6 heteroatoms. The quantitative estimate of drug-likeness (QED) is 0.734. The molecule has 0 saturated carbocycles. The van der Waals surface area contributed by atoms with E-state index < -0.39 is 10.0 Å². The van der Waals surface area contributed by atoms with Gasteiger partial charge in [-0.2, -0.15) is 0 Å². The number of nitrogens with one attached hydrogen (secondary N) is 1. The minimum absolute atomic E-state index is 0.320. The van der Waals surface area contributed by atoms with Gasteiger partial charge in [-0.25, -0.2) is 12.7 Å². The fourth-order valence-corrected chi connectivity index (χ4v) is 4.12. The Kier molecular flexibility index (Phi) is 4.18. The molecule has 5 nitrogen and oxygen atoms in total. The second-order valence-corrected chi connectivity index (χ2v) is 6.60. The molecule has 2 heterocycles. The molecule has 2 saturated heterocycles. The van der Waals surface area contributed by atoms with E-state index in [9.17, 15) is 8.42 Å². The van der Waals surface area contributed by atoms with Crippen molar-refractivity contribution in [3.8, 4) is 0 Å². The van der Waals surface area contributed by atoms with E-state index in [0.717, 1.165) is 32.4 Å². The van der Waals surface area contributed by atoms with Crippen molar-refractivity contribution in [3.05, 3.63) is 0 Å². The first kappa shape index (κ1) is 12.3. The van der Waals surface area contributed by atoms with Crippen LogP contribution in [0.3, 0.4) is 0 Å². The summed E-state index contributed by atoms with van der Waals surface area (Å²) in [5.74, 6) is 0. The Labute approximate surface area is 97.2 Å². The highest BCUT2D eigenvalue weighted by Gasteiger charge is 2.33. The van der Waals surface area contributed by atoms with Gasteiger partial charge in [0.2, 0.25) is 10.0 Å². The summed E-state index contributed by atoms with van der Waals surface area (Å²) in [4.78, 5) is 0. The lowest BCUT2D eigenvalue weighted by Crippen LogP contribution is -2.43. The maximum atomic E-state index is 12.3. The van der Waals surface area contributed by atoms with Gasteiger partial charge in [0.05, 0.1) is 11.9 Å².